The maximum atomic E-state index is 12.4. The van der Waals surface area contributed by atoms with Crippen molar-refractivity contribution in [2.24, 2.45) is 7.05 Å². The summed E-state index contributed by atoms with van der Waals surface area (Å²) >= 11 is 0. The average molecular weight is 398 g/mol. The molecular weight excluding hydrogens is 376 g/mol. The highest BCUT2D eigenvalue weighted by atomic mass is 32.2. The van der Waals surface area contributed by atoms with Gasteiger partial charge in [0.25, 0.3) is 0 Å². The van der Waals surface area contributed by atoms with E-state index in [-0.39, 0.29) is 24.8 Å². The van der Waals surface area contributed by atoms with Crippen LogP contribution < -0.4 is 11.0 Å². The maximum absolute atomic E-state index is 12.4. The molecule has 3 rings (SSSR count). The van der Waals surface area contributed by atoms with Gasteiger partial charge < -0.3 is 9.84 Å². The first-order valence-electron chi connectivity index (χ1n) is 8.47. The highest BCUT2D eigenvalue weighted by Gasteiger charge is 2.30. The summed E-state index contributed by atoms with van der Waals surface area (Å²) < 4.78 is 32.3. The monoisotopic (exact) mass is 398 g/mol. The van der Waals surface area contributed by atoms with Gasteiger partial charge in [0, 0.05) is 32.1 Å². The first kappa shape index (κ1) is 19.3. The fourth-order valence-corrected chi connectivity index (χ4v) is 4.07. The number of nitrogens with zero attached hydrogens (tertiary/aromatic N) is 5. The van der Waals surface area contributed by atoms with Crippen LogP contribution in [0.5, 0.6) is 0 Å². The minimum Gasteiger partial charge on any atom is -0.360 e. The molecule has 2 aromatic heterocycles. The Morgan fingerprint density at radius 2 is 2.19 bits per heavy atom. The quantitative estimate of drug-likeness (QED) is 0.728. The van der Waals surface area contributed by atoms with E-state index in [1.807, 2.05) is 0 Å². The van der Waals surface area contributed by atoms with Crippen molar-refractivity contribution >= 4 is 21.7 Å². The number of carbonyl (C=O) groups is 1. The lowest BCUT2D eigenvalue weighted by molar-refractivity contribution is -0.117. The Labute approximate surface area is 156 Å². The molecule has 1 amide bonds. The Kier molecular flexibility index (Phi) is 5.20. The molecule has 1 unspecified atom stereocenters. The summed E-state index contributed by atoms with van der Waals surface area (Å²) in [5, 5.41) is 10.5. The van der Waals surface area contributed by atoms with Gasteiger partial charge in [-0.1, -0.05) is 5.16 Å². The molecule has 0 bridgehead atoms. The van der Waals surface area contributed by atoms with Crippen LogP contribution in [0.15, 0.2) is 15.4 Å². The molecular formula is C15H22N6O5S. The summed E-state index contributed by atoms with van der Waals surface area (Å²) in [5.41, 5.74) is -0.437. The average Bonchev–Trinajstić information content (AvgIpc) is 3.12. The zero-order chi connectivity index (χ0) is 19.8. The first-order valence-corrected chi connectivity index (χ1v) is 10.3. The van der Waals surface area contributed by atoms with Crippen molar-refractivity contribution in [3.63, 3.8) is 0 Å². The molecule has 1 fully saturated rings. The second-order valence-electron chi connectivity index (χ2n) is 6.69. The number of hydrogen-bond donors (Lipinski definition) is 1. The third-order valence-corrected chi connectivity index (χ3v) is 5.75. The van der Waals surface area contributed by atoms with Crippen LogP contribution in [0, 0.1) is 6.92 Å². The van der Waals surface area contributed by atoms with Crippen LogP contribution in [-0.2, 0) is 28.4 Å². The van der Waals surface area contributed by atoms with Crippen molar-refractivity contribution in [1.82, 2.24) is 23.8 Å². The van der Waals surface area contributed by atoms with Crippen molar-refractivity contribution in [3.05, 3.63) is 28.1 Å². The first-order chi connectivity index (χ1) is 12.6. The molecule has 0 spiro atoms. The molecule has 1 saturated heterocycles. The number of rotatable bonds is 5. The van der Waals surface area contributed by atoms with Crippen LogP contribution in [0.1, 0.15) is 30.3 Å². The molecule has 1 N–H and O–H groups in total. The SMILES string of the molecule is Cc1cc(NC(=O)Cn2nc(C3CCCN(S(C)(=O)=O)C3)n(C)c2=O)no1. The van der Waals surface area contributed by atoms with Gasteiger partial charge in [0.2, 0.25) is 15.9 Å². The second kappa shape index (κ2) is 7.27. The van der Waals surface area contributed by atoms with Crippen LogP contribution in [0.25, 0.3) is 0 Å². The third-order valence-electron chi connectivity index (χ3n) is 4.48. The Morgan fingerprint density at radius 3 is 2.81 bits per heavy atom. The van der Waals surface area contributed by atoms with Crippen molar-refractivity contribution in [1.29, 1.82) is 0 Å². The molecule has 0 aliphatic carbocycles. The summed E-state index contributed by atoms with van der Waals surface area (Å²) in [6.45, 7) is 2.15. The van der Waals surface area contributed by atoms with E-state index in [1.54, 1.807) is 20.0 Å². The summed E-state index contributed by atoms with van der Waals surface area (Å²) in [7, 11) is -1.73. The van der Waals surface area contributed by atoms with Gasteiger partial charge in [-0.05, 0) is 19.8 Å². The number of anilines is 1. The summed E-state index contributed by atoms with van der Waals surface area (Å²) in [6, 6.07) is 1.56. The largest absolute Gasteiger partial charge is 0.360 e. The topological polar surface area (TPSA) is 132 Å². The van der Waals surface area contributed by atoms with Gasteiger partial charge >= 0.3 is 5.69 Å². The molecule has 148 valence electrons. The molecule has 11 nitrogen and oxygen atoms in total. The number of aryl methyl sites for hydroxylation is 1. The smallest absolute Gasteiger partial charge is 0.346 e. The fraction of sp³-hybridized carbons (Fsp3) is 0.600. The summed E-state index contributed by atoms with van der Waals surface area (Å²) in [6.07, 6.45) is 2.58. The van der Waals surface area contributed by atoms with Crippen molar-refractivity contribution < 1.29 is 17.7 Å². The van der Waals surface area contributed by atoms with Crippen LogP contribution in [0.2, 0.25) is 0 Å². The number of amides is 1. The molecule has 3 heterocycles. The number of nitrogens with one attached hydrogen (secondary N) is 1. The second-order valence-corrected chi connectivity index (χ2v) is 8.67. The van der Waals surface area contributed by atoms with E-state index < -0.39 is 21.6 Å². The van der Waals surface area contributed by atoms with Crippen LogP contribution in [0.4, 0.5) is 5.82 Å². The Morgan fingerprint density at radius 1 is 1.44 bits per heavy atom. The number of hydrogen-bond acceptors (Lipinski definition) is 7. The molecule has 1 aliphatic rings. The van der Waals surface area contributed by atoms with E-state index >= 15 is 0 Å². The van der Waals surface area contributed by atoms with Crippen molar-refractivity contribution in [2.45, 2.75) is 32.2 Å². The summed E-state index contributed by atoms with van der Waals surface area (Å²) in [4.78, 5) is 24.6. The van der Waals surface area contributed by atoms with E-state index in [0.717, 1.165) is 11.1 Å². The zero-order valence-electron chi connectivity index (χ0n) is 15.4. The number of aromatic nitrogens is 4. The minimum atomic E-state index is -3.30. The van der Waals surface area contributed by atoms with Crippen molar-refractivity contribution in [3.8, 4) is 0 Å². The minimum absolute atomic E-state index is 0.200. The molecule has 12 heteroatoms. The van der Waals surface area contributed by atoms with Gasteiger partial charge in [-0.2, -0.15) is 5.10 Å². The summed E-state index contributed by atoms with van der Waals surface area (Å²) in [5.74, 6) is 0.622. The van der Waals surface area contributed by atoms with Gasteiger partial charge in [0.15, 0.2) is 5.82 Å². The molecule has 1 aliphatic heterocycles. The van der Waals surface area contributed by atoms with Crippen LogP contribution >= 0.6 is 0 Å². The number of carbonyl (C=O) groups excluding carboxylic acids is 1. The molecule has 1 atom stereocenters. The Hall–Kier alpha value is -2.47. The lowest BCUT2D eigenvalue weighted by atomic mass is 9.99. The third kappa shape index (κ3) is 4.27. The standard InChI is InChI=1S/C15H22N6O5S/c1-10-7-12(18-26-10)16-13(22)9-21-15(23)19(2)14(17-21)11-5-4-6-20(8-11)27(3,24)25/h7,11H,4-6,8-9H2,1-3H3,(H,16,18,22). The lowest BCUT2D eigenvalue weighted by Crippen LogP contribution is -2.39. The van der Waals surface area contributed by atoms with Gasteiger partial charge in [-0.3, -0.25) is 9.36 Å². The van der Waals surface area contributed by atoms with Crippen LogP contribution in [0.3, 0.4) is 0 Å². The van der Waals surface area contributed by atoms with E-state index in [4.69, 9.17) is 4.52 Å². The number of piperidine rings is 1. The lowest BCUT2D eigenvalue weighted by Gasteiger charge is -2.30. The predicted molar refractivity (Wildman–Crippen MR) is 95.7 cm³/mol. The van der Waals surface area contributed by atoms with Crippen LogP contribution in [-0.4, -0.2) is 57.5 Å². The van der Waals surface area contributed by atoms with E-state index in [2.05, 4.69) is 15.6 Å². The normalized spacial score (nSPS) is 18.6. The van der Waals surface area contributed by atoms with E-state index in [9.17, 15) is 18.0 Å². The van der Waals surface area contributed by atoms with Gasteiger partial charge in [0.05, 0.1) is 6.26 Å². The molecule has 27 heavy (non-hydrogen) atoms. The Balaban J connectivity index is 1.75. The van der Waals surface area contributed by atoms with Crippen molar-refractivity contribution in [2.75, 3.05) is 24.7 Å². The van der Waals surface area contributed by atoms with E-state index in [0.29, 0.717) is 24.6 Å². The maximum Gasteiger partial charge on any atom is 0.346 e. The van der Waals surface area contributed by atoms with Gasteiger partial charge in [-0.15, -0.1) is 0 Å². The fourth-order valence-electron chi connectivity index (χ4n) is 3.16. The zero-order valence-corrected chi connectivity index (χ0v) is 16.2. The highest BCUT2D eigenvalue weighted by molar-refractivity contribution is 7.88. The highest BCUT2D eigenvalue weighted by Crippen LogP contribution is 2.26. The molecule has 2 aromatic rings. The molecule has 0 aromatic carbocycles. The molecule has 0 radical (unpaired) electrons. The Bertz CT molecular complexity index is 1000. The van der Waals surface area contributed by atoms with E-state index in [1.165, 1.54) is 15.1 Å². The predicted octanol–water partition coefficient (Wildman–Crippen LogP) is -0.344. The van der Waals surface area contributed by atoms with Gasteiger partial charge in [-0.25, -0.2) is 22.2 Å². The number of sulfonamides is 1. The van der Waals surface area contributed by atoms with Gasteiger partial charge in [0.1, 0.15) is 18.1 Å². The molecule has 0 saturated carbocycles.